The Kier molecular flexibility index (Phi) is 3.72. The average molecular weight is 282 g/mol. The van der Waals surface area contributed by atoms with E-state index in [0.29, 0.717) is 0 Å². The highest BCUT2D eigenvalue weighted by molar-refractivity contribution is 6.31. The normalized spacial score (nSPS) is 12.5. The second-order valence-electron chi connectivity index (χ2n) is 4.97. The maximum atomic E-state index is 6.33. The molecule has 0 heterocycles. The molecule has 1 unspecified atom stereocenters. The fourth-order valence-corrected chi connectivity index (χ4v) is 2.87. The van der Waals surface area contributed by atoms with Crippen LogP contribution in [0.25, 0.3) is 10.8 Å². The Morgan fingerprint density at radius 3 is 2.40 bits per heavy atom. The van der Waals surface area contributed by atoms with Gasteiger partial charge in [0.2, 0.25) is 0 Å². The van der Waals surface area contributed by atoms with Crippen LogP contribution in [0.2, 0.25) is 5.02 Å². The summed E-state index contributed by atoms with van der Waals surface area (Å²) in [6.07, 6.45) is 0.783. The summed E-state index contributed by atoms with van der Waals surface area (Å²) in [6.45, 7) is 0. The van der Waals surface area contributed by atoms with Gasteiger partial charge in [-0.1, -0.05) is 72.3 Å². The van der Waals surface area contributed by atoms with Gasteiger partial charge < -0.3 is 5.73 Å². The summed E-state index contributed by atoms with van der Waals surface area (Å²) in [7, 11) is 0. The standard InChI is InChI=1S/C18H16ClN/c19-17-11-4-3-10-16(17)18(20)12-14-8-5-7-13-6-1-2-9-15(13)14/h1-11,18H,12,20H2. The lowest BCUT2D eigenvalue weighted by molar-refractivity contribution is 0.726. The second-order valence-corrected chi connectivity index (χ2v) is 5.38. The van der Waals surface area contributed by atoms with Crippen molar-refractivity contribution in [1.29, 1.82) is 0 Å². The zero-order chi connectivity index (χ0) is 13.9. The molecule has 1 atom stereocenters. The van der Waals surface area contributed by atoms with Crippen molar-refractivity contribution in [3.63, 3.8) is 0 Å². The molecular weight excluding hydrogens is 266 g/mol. The van der Waals surface area contributed by atoms with Gasteiger partial charge in [-0.3, -0.25) is 0 Å². The zero-order valence-electron chi connectivity index (χ0n) is 11.1. The van der Waals surface area contributed by atoms with E-state index in [1.807, 2.05) is 24.3 Å². The van der Waals surface area contributed by atoms with Gasteiger partial charge in [-0.2, -0.15) is 0 Å². The average Bonchev–Trinajstić information content (AvgIpc) is 2.48. The Balaban J connectivity index is 1.96. The molecule has 3 rings (SSSR count). The number of nitrogens with two attached hydrogens (primary N) is 1. The van der Waals surface area contributed by atoms with Crippen LogP contribution in [0.1, 0.15) is 17.2 Å². The van der Waals surface area contributed by atoms with E-state index >= 15 is 0 Å². The largest absolute Gasteiger partial charge is 0.324 e. The lowest BCUT2D eigenvalue weighted by Crippen LogP contribution is -2.14. The monoisotopic (exact) mass is 281 g/mol. The second kappa shape index (κ2) is 5.66. The van der Waals surface area contributed by atoms with Gasteiger partial charge in [0.1, 0.15) is 0 Å². The summed E-state index contributed by atoms with van der Waals surface area (Å²) in [5, 5.41) is 3.24. The molecular formula is C18H16ClN. The zero-order valence-corrected chi connectivity index (χ0v) is 11.8. The van der Waals surface area contributed by atoms with E-state index in [4.69, 9.17) is 17.3 Å². The number of hydrogen-bond acceptors (Lipinski definition) is 1. The van der Waals surface area contributed by atoms with Crippen LogP contribution in [0.4, 0.5) is 0 Å². The van der Waals surface area contributed by atoms with Crippen molar-refractivity contribution in [2.24, 2.45) is 5.73 Å². The topological polar surface area (TPSA) is 26.0 Å². The van der Waals surface area contributed by atoms with Crippen molar-refractivity contribution >= 4 is 22.4 Å². The van der Waals surface area contributed by atoms with Crippen molar-refractivity contribution < 1.29 is 0 Å². The van der Waals surface area contributed by atoms with Crippen LogP contribution in [-0.2, 0) is 6.42 Å². The summed E-state index contributed by atoms with van der Waals surface area (Å²) in [6, 6.07) is 22.4. The number of halogens is 1. The van der Waals surface area contributed by atoms with Crippen LogP contribution in [0, 0.1) is 0 Å². The third-order valence-corrected chi connectivity index (χ3v) is 3.97. The first-order chi connectivity index (χ1) is 9.75. The van der Waals surface area contributed by atoms with E-state index < -0.39 is 0 Å². The molecule has 2 heteroatoms. The van der Waals surface area contributed by atoms with Crippen molar-refractivity contribution in [3.05, 3.63) is 82.9 Å². The maximum absolute atomic E-state index is 6.33. The summed E-state index contributed by atoms with van der Waals surface area (Å²) in [4.78, 5) is 0. The van der Waals surface area contributed by atoms with Gasteiger partial charge in [0, 0.05) is 11.1 Å². The number of fused-ring (bicyclic) bond motifs is 1. The van der Waals surface area contributed by atoms with Crippen molar-refractivity contribution in [2.45, 2.75) is 12.5 Å². The lowest BCUT2D eigenvalue weighted by atomic mass is 9.95. The van der Waals surface area contributed by atoms with E-state index in [9.17, 15) is 0 Å². The number of rotatable bonds is 3. The van der Waals surface area contributed by atoms with Crippen LogP contribution >= 0.6 is 11.6 Å². The van der Waals surface area contributed by atoms with E-state index in [1.54, 1.807) is 0 Å². The lowest BCUT2D eigenvalue weighted by Gasteiger charge is -2.15. The van der Waals surface area contributed by atoms with Crippen molar-refractivity contribution in [3.8, 4) is 0 Å². The van der Waals surface area contributed by atoms with Gasteiger partial charge in [-0.05, 0) is 34.4 Å². The molecule has 0 aliphatic carbocycles. The molecule has 0 radical (unpaired) electrons. The Bertz CT molecular complexity index is 731. The summed E-state index contributed by atoms with van der Waals surface area (Å²) in [5.41, 5.74) is 8.60. The van der Waals surface area contributed by atoms with E-state index in [1.165, 1.54) is 16.3 Å². The predicted octanol–water partition coefficient (Wildman–Crippen LogP) is 4.74. The van der Waals surface area contributed by atoms with Gasteiger partial charge in [0.05, 0.1) is 0 Å². The van der Waals surface area contributed by atoms with E-state index in [0.717, 1.165) is 17.0 Å². The molecule has 0 fully saturated rings. The van der Waals surface area contributed by atoms with Crippen LogP contribution in [-0.4, -0.2) is 0 Å². The van der Waals surface area contributed by atoms with Crippen LogP contribution < -0.4 is 5.73 Å². The molecule has 0 aromatic heterocycles. The Hall–Kier alpha value is -1.83. The minimum Gasteiger partial charge on any atom is -0.324 e. The summed E-state index contributed by atoms with van der Waals surface area (Å²) < 4.78 is 0. The fraction of sp³-hybridized carbons (Fsp3) is 0.111. The molecule has 0 saturated carbocycles. The minimum absolute atomic E-state index is 0.0884. The van der Waals surface area contributed by atoms with Gasteiger partial charge in [0.15, 0.2) is 0 Å². The Morgan fingerprint density at radius 1 is 0.850 bits per heavy atom. The highest BCUT2D eigenvalue weighted by Gasteiger charge is 2.11. The van der Waals surface area contributed by atoms with E-state index in [-0.39, 0.29) is 6.04 Å². The molecule has 0 aliphatic rings. The van der Waals surface area contributed by atoms with Gasteiger partial charge >= 0.3 is 0 Å². The molecule has 100 valence electrons. The quantitative estimate of drug-likeness (QED) is 0.737. The van der Waals surface area contributed by atoms with Gasteiger partial charge in [-0.15, -0.1) is 0 Å². The highest BCUT2D eigenvalue weighted by Crippen LogP contribution is 2.26. The number of hydrogen-bond donors (Lipinski definition) is 1. The van der Waals surface area contributed by atoms with E-state index in [2.05, 4.69) is 42.5 Å². The summed E-state index contributed by atoms with van der Waals surface area (Å²) in [5.74, 6) is 0. The van der Waals surface area contributed by atoms with Crippen molar-refractivity contribution in [2.75, 3.05) is 0 Å². The first-order valence-corrected chi connectivity index (χ1v) is 7.10. The van der Waals surface area contributed by atoms with Crippen LogP contribution in [0.3, 0.4) is 0 Å². The van der Waals surface area contributed by atoms with Gasteiger partial charge in [-0.25, -0.2) is 0 Å². The Labute approximate surface area is 124 Å². The van der Waals surface area contributed by atoms with Crippen LogP contribution in [0.5, 0.6) is 0 Å². The predicted molar refractivity (Wildman–Crippen MR) is 86.0 cm³/mol. The third-order valence-electron chi connectivity index (χ3n) is 3.62. The van der Waals surface area contributed by atoms with Crippen LogP contribution in [0.15, 0.2) is 66.7 Å². The molecule has 0 bridgehead atoms. The third kappa shape index (κ3) is 2.55. The molecule has 0 amide bonds. The Morgan fingerprint density at radius 2 is 1.55 bits per heavy atom. The summed E-state index contributed by atoms with van der Waals surface area (Å²) >= 11 is 6.22. The number of benzene rings is 3. The SMILES string of the molecule is NC(Cc1cccc2ccccc12)c1ccccc1Cl. The van der Waals surface area contributed by atoms with Gasteiger partial charge in [0.25, 0.3) is 0 Å². The fourth-order valence-electron chi connectivity index (χ4n) is 2.59. The molecule has 0 aliphatic heterocycles. The molecule has 3 aromatic rings. The molecule has 0 spiro atoms. The molecule has 3 aromatic carbocycles. The molecule has 20 heavy (non-hydrogen) atoms. The first kappa shape index (κ1) is 13.2. The first-order valence-electron chi connectivity index (χ1n) is 6.72. The highest BCUT2D eigenvalue weighted by atomic mass is 35.5. The maximum Gasteiger partial charge on any atom is 0.0453 e. The molecule has 1 nitrogen and oxygen atoms in total. The molecule has 2 N–H and O–H groups in total. The minimum atomic E-state index is -0.0884. The van der Waals surface area contributed by atoms with Crippen molar-refractivity contribution in [1.82, 2.24) is 0 Å². The smallest absolute Gasteiger partial charge is 0.0453 e. The molecule has 0 saturated heterocycles.